The molecule has 4 heteroatoms. The average molecular weight is 250 g/mol. The second kappa shape index (κ2) is 7.91. The minimum absolute atomic E-state index is 0.0703. The molecule has 1 atom stereocenters. The normalized spacial score (nSPS) is 13.6. The molecule has 0 aromatic carbocycles. The third-order valence-corrected chi connectivity index (χ3v) is 3.39. The van der Waals surface area contributed by atoms with E-state index in [9.17, 15) is 4.79 Å². The van der Waals surface area contributed by atoms with Gasteiger partial charge in [0.05, 0.1) is 12.5 Å². The van der Waals surface area contributed by atoms with Crippen LogP contribution >= 0.6 is 11.6 Å². The summed E-state index contributed by atoms with van der Waals surface area (Å²) in [5, 5.41) is 0. The van der Waals surface area contributed by atoms with E-state index >= 15 is 0 Å². The molecule has 0 aliphatic rings. The Morgan fingerprint density at radius 3 is 2.50 bits per heavy atom. The summed E-state index contributed by atoms with van der Waals surface area (Å²) >= 11 is 5.85. The van der Waals surface area contributed by atoms with Crippen molar-refractivity contribution in [3.8, 4) is 0 Å². The van der Waals surface area contributed by atoms with E-state index in [1.165, 1.54) is 0 Å². The standard InChI is InChI=1S/C12H24ClNO2/c1-4-16-11(15)10(6-8-14)5-7-12(2,3)9-13/h10H,4-9,14H2,1-3H3. The molecular formula is C12H24ClNO2. The number of nitrogens with two attached hydrogens (primary N) is 1. The first-order chi connectivity index (χ1) is 7.46. The molecule has 0 saturated heterocycles. The van der Waals surface area contributed by atoms with Gasteiger partial charge in [-0.3, -0.25) is 4.79 Å². The number of carbonyl (C=O) groups is 1. The molecule has 3 nitrogen and oxygen atoms in total. The zero-order valence-corrected chi connectivity index (χ0v) is 11.3. The Morgan fingerprint density at radius 1 is 1.44 bits per heavy atom. The van der Waals surface area contributed by atoms with E-state index in [2.05, 4.69) is 13.8 Å². The van der Waals surface area contributed by atoms with E-state index in [-0.39, 0.29) is 17.3 Å². The fourth-order valence-corrected chi connectivity index (χ4v) is 1.61. The van der Waals surface area contributed by atoms with Crippen molar-refractivity contribution in [2.75, 3.05) is 19.0 Å². The van der Waals surface area contributed by atoms with Gasteiger partial charge >= 0.3 is 5.97 Å². The summed E-state index contributed by atoms with van der Waals surface area (Å²) in [7, 11) is 0. The number of rotatable bonds is 8. The van der Waals surface area contributed by atoms with Gasteiger partial charge in [0.2, 0.25) is 0 Å². The predicted molar refractivity (Wildman–Crippen MR) is 67.5 cm³/mol. The van der Waals surface area contributed by atoms with Crippen LogP contribution in [0, 0.1) is 11.3 Å². The van der Waals surface area contributed by atoms with Crippen molar-refractivity contribution < 1.29 is 9.53 Å². The summed E-state index contributed by atoms with van der Waals surface area (Å²) in [6.07, 6.45) is 2.41. The molecule has 2 N–H and O–H groups in total. The number of ether oxygens (including phenoxy) is 1. The van der Waals surface area contributed by atoms with E-state index in [1.807, 2.05) is 6.92 Å². The van der Waals surface area contributed by atoms with E-state index in [0.29, 0.717) is 25.5 Å². The molecule has 96 valence electrons. The van der Waals surface area contributed by atoms with Crippen LogP contribution in [0.25, 0.3) is 0 Å². The van der Waals surface area contributed by atoms with Gasteiger partial charge in [-0.05, 0) is 38.1 Å². The van der Waals surface area contributed by atoms with Gasteiger partial charge in [-0.1, -0.05) is 13.8 Å². The lowest BCUT2D eigenvalue weighted by atomic mass is 9.85. The maximum Gasteiger partial charge on any atom is 0.308 e. The van der Waals surface area contributed by atoms with Crippen LogP contribution < -0.4 is 5.73 Å². The smallest absolute Gasteiger partial charge is 0.308 e. The molecule has 0 aromatic rings. The van der Waals surface area contributed by atoms with Gasteiger partial charge in [0.25, 0.3) is 0 Å². The van der Waals surface area contributed by atoms with Crippen LogP contribution in [0.3, 0.4) is 0 Å². The number of alkyl halides is 1. The molecule has 0 aliphatic carbocycles. The van der Waals surface area contributed by atoms with Crippen molar-refractivity contribution in [3.63, 3.8) is 0 Å². The molecule has 0 amide bonds. The quantitative estimate of drug-likeness (QED) is 0.531. The molecule has 0 heterocycles. The minimum Gasteiger partial charge on any atom is -0.466 e. The van der Waals surface area contributed by atoms with Crippen molar-refractivity contribution in [2.45, 2.75) is 40.0 Å². The number of hydrogen-bond acceptors (Lipinski definition) is 3. The summed E-state index contributed by atoms with van der Waals surface area (Å²) in [5.41, 5.74) is 5.57. The Balaban J connectivity index is 4.17. The zero-order valence-electron chi connectivity index (χ0n) is 10.6. The molecule has 0 saturated carbocycles. The van der Waals surface area contributed by atoms with E-state index in [4.69, 9.17) is 22.1 Å². The van der Waals surface area contributed by atoms with E-state index < -0.39 is 0 Å². The Bertz CT molecular complexity index is 207. The molecule has 1 unspecified atom stereocenters. The van der Waals surface area contributed by atoms with E-state index in [1.54, 1.807) is 0 Å². The number of halogens is 1. The van der Waals surface area contributed by atoms with Crippen molar-refractivity contribution in [1.82, 2.24) is 0 Å². The van der Waals surface area contributed by atoms with Crippen LogP contribution in [0.15, 0.2) is 0 Å². The Morgan fingerprint density at radius 2 is 2.06 bits per heavy atom. The fraction of sp³-hybridized carbons (Fsp3) is 0.917. The summed E-state index contributed by atoms with van der Waals surface area (Å²) < 4.78 is 5.03. The number of carbonyl (C=O) groups excluding carboxylic acids is 1. The third kappa shape index (κ3) is 6.33. The molecule has 0 spiro atoms. The molecule has 0 rings (SSSR count). The zero-order chi connectivity index (χ0) is 12.6. The van der Waals surface area contributed by atoms with Crippen molar-refractivity contribution in [1.29, 1.82) is 0 Å². The second-order valence-corrected chi connectivity index (χ2v) is 5.13. The van der Waals surface area contributed by atoms with Gasteiger partial charge in [0.15, 0.2) is 0 Å². The Labute approximate surface area is 104 Å². The minimum atomic E-state index is -0.127. The van der Waals surface area contributed by atoms with Crippen LogP contribution in [0.5, 0.6) is 0 Å². The number of esters is 1. The van der Waals surface area contributed by atoms with Crippen LogP contribution in [-0.2, 0) is 9.53 Å². The van der Waals surface area contributed by atoms with Gasteiger partial charge in [0.1, 0.15) is 0 Å². The second-order valence-electron chi connectivity index (χ2n) is 4.86. The van der Waals surface area contributed by atoms with Crippen molar-refractivity contribution in [3.05, 3.63) is 0 Å². The molecule has 0 radical (unpaired) electrons. The Kier molecular flexibility index (Phi) is 7.77. The molecule has 0 aromatic heterocycles. The molecule has 16 heavy (non-hydrogen) atoms. The first-order valence-electron chi connectivity index (χ1n) is 5.89. The van der Waals surface area contributed by atoms with Crippen molar-refractivity contribution >= 4 is 17.6 Å². The van der Waals surface area contributed by atoms with Crippen LogP contribution in [0.1, 0.15) is 40.0 Å². The van der Waals surface area contributed by atoms with Gasteiger partial charge < -0.3 is 10.5 Å². The summed E-state index contributed by atoms with van der Waals surface area (Å²) in [5.74, 6) is 0.399. The monoisotopic (exact) mass is 249 g/mol. The molecule has 0 fully saturated rings. The molecule has 0 aliphatic heterocycles. The highest BCUT2D eigenvalue weighted by Crippen LogP contribution is 2.27. The summed E-state index contributed by atoms with van der Waals surface area (Å²) in [4.78, 5) is 11.6. The number of hydrogen-bond donors (Lipinski definition) is 1. The highest BCUT2D eigenvalue weighted by molar-refractivity contribution is 6.18. The highest BCUT2D eigenvalue weighted by atomic mass is 35.5. The van der Waals surface area contributed by atoms with E-state index in [0.717, 1.165) is 12.8 Å². The van der Waals surface area contributed by atoms with Gasteiger partial charge in [0, 0.05) is 5.88 Å². The largest absolute Gasteiger partial charge is 0.466 e. The topological polar surface area (TPSA) is 52.3 Å². The van der Waals surface area contributed by atoms with Crippen LogP contribution in [0.4, 0.5) is 0 Å². The summed E-state index contributed by atoms with van der Waals surface area (Å²) in [6, 6.07) is 0. The van der Waals surface area contributed by atoms with Crippen LogP contribution in [0.2, 0.25) is 0 Å². The maximum atomic E-state index is 11.6. The first kappa shape index (κ1) is 15.7. The van der Waals surface area contributed by atoms with Crippen molar-refractivity contribution in [2.24, 2.45) is 17.1 Å². The van der Waals surface area contributed by atoms with Crippen LogP contribution in [-0.4, -0.2) is 25.0 Å². The van der Waals surface area contributed by atoms with Gasteiger partial charge in [-0.15, -0.1) is 11.6 Å². The average Bonchev–Trinajstić information content (AvgIpc) is 2.24. The predicted octanol–water partition coefficient (Wildman–Crippen LogP) is 2.56. The lowest BCUT2D eigenvalue weighted by Crippen LogP contribution is -2.24. The fourth-order valence-electron chi connectivity index (χ4n) is 1.47. The maximum absolute atomic E-state index is 11.6. The summed E-state index contributed by atoms with van der Waals surface area (Å²) in [6.45, 7) is 6.97. The molecule has 0 bridgehead atoms. The van der Waals surface area contributed by atoms with Gasteiger partial charge in [-0.2, -0.15) is 0 Å². The highest BCUT2D eigenvalue weighted by Gasteiger charge is 2.23. The molecular weight excluding hydrogens is 226 g/mol. The Hall–Kier alpha value is -0.280. The SMILES string of the molecule is CCOC(=O)C(CCN)CCC(C)(C)CCl. The first-order valence-corrected chi connectivity index (χ1v) is 6.43. The lowest BCUT2D eigenvalue weighted by Gasteiger charge is -2.23. The third-order valence-electron chi connectivity index (χ3n) is 2.67. The lowest BCUT2D eigenvalue weighted by molar-refractivity contribution is -0.148. The van der Waals surface area contributed by atoms with Gasteiger partial charge in [-0.25, -0.2) is 0 Å².